The quantitative estimate of drug-likeness (QED) is 0.873. The van der Waals surface area contributed by atoms with E-state index in [-0.39, 0.29) is 24.7 Å². The summed E-state index contributed by atoms with van der Waals surface area (Å²) in [5.74, 6) is 0.0642. The summed E-state index contributed by atoms with van der Waals surface area (Å²) in [5, 5.41) is 0. The van der Waals surface area contributed by atoms with Crippen LogP contribution < -0.4 is 15.2 Å². The molecule has 1 aliphatic heterocycles. The zero-order valence-corrected chi connectivity index (χ0v) is 9.17. The maximum atomic E-state index is 12.9. The summed E-state index contributed by atoms with van der Waals surface area (Å²) in [4.78, 5) is 0. The molecule has 0 saturated heterocycles. The third-order valence-corrected chi connectivity index (χ3v) is 2.73. The molecule has 0 bridgehead atoms. The van der Waals surface area contributed by atoms with Crippen molar-refractivity contribution in [1.29, 1.82) is 0 Å². The van der Waals surface area contributed by atoms with Crippen molar-refractivity contribution in [3.63, 3.8) is 0 Å². The lowest BCUT2D eigenvalue weighted by Gasteiger charge is -2.18. The summed E-state index contributed by atoms with van der Waals surface area (Å²) in [6, 6.07) is 2.28. The zero-order valence-electron chi connectivity index (χ0n) is 9.17. The Kier molecular flexibility index (Phi) is 2.91. The largest absolute Gasteiger partial charge is 0.454 e. The Morgan fingerprint density at radius 3 is 2.65 bits per heavy atom. The Balaban J connectivity index is 2.61. The van der Waals surface area contributed by atoms with E-state index in [9.17, 15) is 13.2 Å². The summed E-state index contributed by atoms with van der Waals surface area (Å²) in [7, 11) is 0. The van der Waals surface area contributed by atoms with Crippen LogP contribution in [-0.2, 0) is 6.18 Å². The number of rotatable bonds is 2. The molecule has 1 heterocycles. The van der Waals surface area contributed by atoms with Crippen molar-refractivity contribution in [2.24, 2.45) is 5.73 Å². The van der Waals surface area contributed by atoms with Crippen molar-refractivity contribution >= 4 is 0 Å². The van der Waals surface area contributed by atoms with Gasteiger partial charge in [0.2, 0.25) is 6.79 Å². The first-order chi connectivity index (χ1) is 7.95. The molecule has 1 aromatic rings. The van der Waals surface area contributed by atoms with Gasteiger partial charge < -0.3 is 15.2 Å². The van der Waals surface area contributed by atoms with Crippen molar-refractivity contribution in [1.82, 2.24) is 0 Å². The molecule has 1 unspecified atom stereocenters. The highest BCUT2D eigenvalue weighted by molar-refractivity contribution is 5.54. The van der Waals surface area contributed by atoms with E-state index in [4.69, 9.17) is 15.2 Å². The number of hydrogen-bond donors (Lipinski definition) is 1. The van der Waals surface area contributed by atoms with Crippen molar-refractivity contribution in [2.75, 3.05) is 13.3 Å². The lowest BCUT2D eigenvalue weighted by Crippen LogP contribution is -2.16. The van der Waals surface area contributed by atoms with Gasteiger partial charge in [-0.1, -0.05) is 6.92 Å². The topological polar surface area (TPSA) is 44.5 Å². The third kappa shape index (κ3) is 2.04. The predicted octanol–water partition coefficient (Wildman–Crippen LogP) is 2.50. The van der Waals surface area contributed by atoms with Crippen LogP contribution >= 0.6 is 0 Å². The van der Waals surface area contributed by atoms with Crippen molar-refractivity contribution < 1.29 is 22.6 Å². The van der Waals surface area contributed by atoms with Crippen LogP contribution in [0, 0.1) is 0 Å². The van der Waals surface area contributed by atoms with Gasteiger partial charge in [0.1, 0.15) is 0 Å². The van der Waals surface area contributed by atoms with Crippen molar-refractivity contribution in [2.45, 2.75) is 19.0 Å². The van der Waals surface area contributed by atoms with Gasteiger partial charge in [0, 0.05) is 5.56 Å². The maximum Gasteiger partial charge on any atom is 0.416 e. The van der Waals surface area contributed by atoms with Crippen LogP contribution in [0.2, 0.25) is 0 Å². The van der Waals surface area contributed by atoms with Crippen LogP contribution in [0.4, 0.5) is 13.2 Å². The average molecular weight is 247 g/mol. The van der Waals surface area contributed by atoms with Crippen LogP contribution in [0.25, 0.3) is 0 Å². The lowest BCUT2D eigenvalue weighted by atomic mass is 9.94. The van der Waals surface area contributed by atoms with Crippen molar-refractivity contribution in [3.8, 4) is 11.5 Å². The molecule has 3 nitrogen and oxygen atoms in total. The lowest BCUT2D eigenvalue weighted by molar-refractivity contribution is -0.138. The minimum absolute atomic E-state index is 0.0546. The molecular weight excluding hydrogens is 235 g/mol. The summed E-state index contributed by atoms with van der Waals surface area (Å²) < 4.78 is 48.8. The predicted molar refractivity (Wildman–Crippen MR) is 55.0 cm³/mol. The summed E-state index contributed by atoms with van der Waals surface area (Å²) >= 11 is 0. The molecule has 1 aliphatic rings. The second kappa shape index (κ2) is 4.10. The van der Waals surface area contributed by atoms with Gasteiger partial charge in [-0.05, 0) is 24.6 Å². The fourth-order valence-corrected chi connectivity index (χ4v) is 1.85. The summed E-state index contributed by atoms with van der Waals surface area (Å²) in [6.07, 6.45) is -4.42. The molecule has 2 rings (SSSR count). The van der Waals surface area contributed by atoms with Gasteiger partial charge in [0.15, 0.2) is 11.5 Å². The molecule has 1 aromatic carbocycles. The smallest absolute Gasteiger partial charge is 0.416 e. The molecule has 94 valence electrons. The molecule has 0 aromatic heterocycles. The monoisotopic (exact) mass is 247 g/mol. The Morgan fingerprint density at radius 2 is 2.06 bits per heavy atom. The fourth-order valence-electron chi connectivity index (χ4n) is 1.85. The SMILES string of the molecule is CC(CN)c1c(C(F)(F)F)ccc2c1OCO2. The molecular formula is C11H12F3NO2. The molecule has 0 amide bonds. The van der Waals surface area contributed by atoms with E-state index in [2.05, 4.69) is 0 Å². The summed E-state index contributed by atoms with van der Waals surface area (Å²) in [6.45, 7) is 1.69. The molecule has 6 heteroatoms. The van der Waals surface area contributed by atoms with E-state index < -0.39 is 17.7 Å². The van der Waals surface area contributed by atoms with Crippen LogP contribution in [-0.4, -0.2) is 13.3 Å². The van der Waals surface area contributed by atoms with Crippen LogP contribution in [0.5, 0.6) is 11.5 Å². The molecule has 17 heavy (non-hydrogen) atoms. The highest BCUT2D eigenvalue weighted by atomic mass is 19.4. The van der Waals surface area contributed by atoms with Gasteiger partial charge in [0.05, 0.1) is 5.56 Å². The molecule has 0 radical (unpaired) electrons. The number of fused-ring (bicyclic) bond motifs is 1. The number of nitrogens with two attached hydrogens (primary N) is 1. The number of alkyl halides is 3. The number of ether oxygens (including phenoxy) is 2. The molecule has 0 fully saturated rings. The maximum absolute atomic E-state index is 12.9. The average Bonchev–Trinajstić information content (AvgIpc) is 2.73. The van der Waals surface area contributed by atoms with E-state index in [1.54, 1.807) is 6.92 Å². The van der Waals surface area contributed by atoms with E-state index in [0.717, 1.165) is 6.07 Å². The van der Waals surface area contributed by atoms with Crippen LogP contribution in [0.1, 0.15) is 24.0 Å². The molecule has 0 aliphatic carbocycles. The molecule has 0 spiro atoms. The molecule has 0 saturated carbocycles. The van der Waals surface area contributed by atoms with Gasteiger partial charge in [-0.3, -0.25) is 0 Å². The standard InChI is InChI=1S/C11H12F3NO2/c1-6(4-15)9-7(11(12,13)14)2-3-8-10(9)17-5-16-8/h2-3,6H,4-5,15H2,1H3. The minimum atomic E-state index is -4.42. The second-order valence-corrected chi connectivity index (χ2v) is 3.90. The number of hydrogen-bond acceptors (Lipinski definition) is 3. The molecule has 2 N–H and O–H groups in total. The Morgan fingerprint density at radius 1 is 1.35 bits per heavy atom. The van der Waals surface area contributed by atoms with Gasteiger partial charge in [-0.15, -0.1) is 0 Å². The second-order valence-electron chi connectivity index (χ2n) is 3.90. The fraction of sp³-hybridized carbons (Fsp3) is 0.455. The first-order valence-electron chi connectivity index (χ1n) is 5.15. The van der Waals surface area contributed by atoms with Gasteiger partial charge in [-0.25, -0.2) is 0 Å². The van der Waals surface area contributed by atoms with Crippen LogP contribution in [0.15, 0.2) is 12.1 Å². The highest BCUT2D eigenvalue weighted by Crippen LogP contribution is 2.46. The van der Waals surface area contributed by atoms with Crippen molar-refractivity contribution in [3.05, 3.63) is 23.3 Å². The molecule has 1 atom stereocenters. The number of halogens is 3. The minimum Gasteiger partial charge on any atom is -0.454 e. The van der Waals surface area contributed by atoms with E-state index in [0.29, 0.717) is 5.75 Å². The van der Waals surface area contributed by atoms with E-state index in [1.165, 1.54) is 6.07 Å². The highest BCUT2D eigenvalue weighted by Gasteiger charge is 2.38. The Hall–Kier alpha value is -1.43. The zero-order chi connectivity index (χ0) is 12.6. The Labute approximate surface area is 96.3 Å². The summed E-state index contributed by atoms with van der Waals surface area (Å²) in [5.41, 5.74) is 4.82. The first kappa shape index (κ1) is 12.0. The third-order valence-electron chi connectivity index (χ3n) is 2.73. The van der Waals surface area contributed by atoms with Gasteiger partial charge in [-0.2, -0.15) is 13.2 Å². The van der Waals surface area contributed by atoms with Gasteiger partial charge in [0.25, 0.3) is 0 Å². The van der Waals surface area contributed by atoms with Crippen LogP contribution in [0.3, 0.4) is 0 Å². The Bertz CT molecular complexity index is 431. The van der Waals surface area contributed by atoms with Gasteiger partial charge >= 0.3 is 6.18 Å². The van der Waals surface area contributed by atoms with E-state index in [1.807, 2.05) is 0 Å². The first-order valence-corrected chi connectivity index (χ1v) is 5.15. The number of benzene rings is 1. The van der Waals surface area contributed by atoms with E-state index >= 15 is 0 Å². The normalized spacial score (nSPS) is 16.1.